The Kier molecular flexibility index (Phi) is 2.27. The molecule has 1 N–H and O–H groups in total. The SMILES string of the molecule is Cn1nnnc1N1CC2CCCC2C1C(=O)O. The Hall–Kier alpha value is -1.66. The minimum absolute atomic E-state index is 0.254. The van der Waals surface area contributed by atoms with Crippen LogP contribution in [0.1, 0.15) is 19.3 Å². The van der Waals surface area contributed by atoms with Crippen LogP contribution in [-0.2, 0) is 11.8 Å². The van der Waals surface area contributed by atoms with E-state index < -0.39 is 12.0 Å². The van der Waals surface area contributed by atoms with Crippen molar-refractivity contribution < 1.29 is 9.90 Å². The fourth-order valence-corrected chi connectivity index (χ4v) is 3.30. The molecule has 3 unspecified atom stereocenters. The van der Waals surface area contributed by atoms with Crippen LogP contribution in [0.5, 0.6) is 0 Å². The molecule has 1 saturated heterocycles. The molecule has 1 aromatic heterocycles. The Bertz CT molecular complexity index is 446. The van der Waals surface area contributed by atoms with Crippen molar-refractivity contribution >= 4 is 11.9 Å². The van der Waals surface area contributed by atoms with E-state index in [4.69, 9.17) is 0 Å². The predicted octanol–water partition coefficient (Wildman–Crippen LogP) is -0.100. The molecule has 0 amide bonds. The average molecular weight is 237 g/mol. The number of aromatic nitrogens is 4. The minimum Gasteiger partial charge on any atom is -0.480 e. The third kappa shape index (κ3) is 1.49. The lowest BCUT2D eigenvalue weighted by molar-refractivity contribution is -0.139. The summed E-state index contributed by atoms with van der Waals surface area (Å²) in [6.07, 6.45) is 3.27. The molecular weight excluding hydrogens is 222 g/mol. The van der Waals surface area contributed by atoms with Crippen LogP contribution < -0.4 is 4.90 Å². The molecule has 2 fully saturated rings. The highest BCUT2D eigenvalue weighted by atomic mass is 16.4. The molecule has 0 bridgehead atoms. The molecule has 7 heteroatoms. The van der Waals surface area contributed by atoms with Gasteiger partial charge in [0.15, 0.2) is 0 Å². The van der Waals surface area contributed by atoms with E-state index in [1.165, 1.54) is 4.68 Å². The summed E-state index contributed by atoms with van der Waals surface area (Å²) in [5.74, 6) is 0.534. The lowest BCUT2D eigenvalue weighted by Crippen LogP contribution is -2.41. The monoisotopic (exact) mass is 237 g/mol. The van der Waals surface area contributed by atoms with Crippen molar-refractivity contribution in [1.29, 1.82) is 0 Å². The number of aryl methyl sites for hydroxylation is 1. The highest BCUT2D eigenvalue weighted by molar-refractivity contribution is 5.78. The molecule has 1 saturated carbocycles. The van der Waals surface area contributed by atoms with Crippen molar-refractivity contribution in [2.75, 3.05) is 11.4 Å². The highest BCUT2D eigenvalue weighted by Crippen LogP contribution is 2.43. The Labute approximate surface area is 98.4 Å². The molecule has 0 aromatic carbocycles. The van der Waals surface area contributed by atoms with Crippen molar-refractivity contribution in [2.45, 2.75) is 25.3 Å². The van der Waals surface area contributed by atoms with E-state index in [0.29, 0.717) is 11.9 Å². The number of tetrazole rings is 1. The van der Waals surface area contributed by atoms with Crippen molar-refractivity contribution in [3.63, 3.8) is 0 Å². The number of hydrogen-bond acceptors (Lipinski definition) is 5. The van der Waals surface area contributed by atoms with Crippen LogP contribution >= 0.6 is 0 Å². The lowest BCUT2D eigenvalue weighted by atomic mass is 9.94. The van der Waals surface area contributed by atoms with Gasteiger partial charge in [-0.2, -0.15) is 0 Å². The number of anilines is 1. The van der Waals surface area contributed by atoms with Gasteiger partial charge >= 0.3 is 5.97 Å². The Morgan fingerprint density at radius 2 is 2.29 bits per heavy atom. The van der Waals surface area contributed by atoms with Gasteiger partial charge in [0, 0.05) is 13.6 Å². The van der Waals surface area contributed by atoms with Gasteiger partial charge in [-0.05, 0) is 35.1 Å². The topological polar surface area (TPSA) is 84.1 Å². The summed E-state index contributed by atoms with van der Waals surface area (Å²) in [6, 6.07) is -0.466. The highest BCUT2D eigenvalue weighted by Gasteiger charge is 2.49. The molecule has 2 aliphatic rings. The normalized spacial score (nSPS) is 31.8. The molecule has 2 heterocycles. The third-order valence-corrected chi connectivity index (χ3v) is 4.00. The van der Waals surface area contributed by atoms with Gasteiger partial charge in [0.1, 0.15) is 6.04 Å². The van der Waals surface area contributed by atoms with Crippen LogP contribution in [0, 0.1) is 11.8 Å². The summed E-state index contributed by atoms with van der Waals surface area (Å²) in [7, 11) is 1.74. The second kappa shape index (κ2) is 3.68. The molecule has 17 heavy (non-hydrogen) atoms. The number of hydrogen-bond donors (Lipinski definition) is 1. The number of carbonyl (C=O) groups is 1. The van der Waals surface area contributed by atoms with Gasteiger partial charge < -0.3 is 10.0 Å². The standard InChI is InChI=1S/C10H15N5O2/c1-14-10(11-12-13-14)15-5-6-3-2-4-7(6)8(15)9(16)17/h6-8H,2-5H2,1H3,(H,16,17). The second-order valence-corrected chi connectivity index (χ2v) is 4.89. The van der Waals surface area contributed by atoms with Gasteiger partial charge in [-0.25, -0.2) is 9.48 Å². The van der Waals surface area contributed by atoms with Gasteiger partial charge in [0.2, 0.25) is 5.95 Å². The molecule has 0 radical (unpaired) electrons. The number of nitrogens with zero attached hydrogens (tertiary/aromatic N) is 5. The zero-order chi connectivity index (χ0) is 12.0. The fraction of sp³-hybridized carbons (Fsp3) is 0.800. The van der Waals surface area contributed by atoms with E-state index in [1.54, 1.807) is 7.05 Å². The largest absolute Gasteiger partial charge is 0.480 e. The Morgan fingerprint density at radius 1 is 1.47 bits per heavy atom. The van der Waals surface area contributed by atoms with Crippen molar-refractivity contribution in [1.82, 2.24) is 20.2 Å². The fourth-order valence-electron chi connectivity index (χ4n) is 3.30. The molecule has 1 aromatic rings. The van der Waals surface area contributed by atoms with E-state index in [1.807, 2.05) is 4.90 Å². The summed E-state index contributed by atoms with van der Waals surface area (Å²) in [5, 5.41) is 20.7. The van der Waals surface area contributed by atoms with Crippen LogP contribution in [0.3, 0.4) is 0 Å². The van der Waals surface area contributed by atoms with E-state index in [9.17, 15) is 9.90 Å². The summed E-state index contributed by atoms with van der Waals surface area (Å²) >= 11 is 0. The van der Waals surface area contributed by atoms with Crippen LogP contribution in [0.2, 0.25) is 0 Å². The van der Waals surface area contributed by atoms with Crippen molar-refractivity contribution in [3.8, 4) is 0 Å². The molecule has 1 aliphatic heterocycles. The van der Waals surface area contributed by atoms with E-state index in [0.717, 1.165) is 25.8 Å². The van der Waals surface area contributed by atoms with Gasteiger partial charge in [0.25, 0.3) is 0 Å². The molecule has 3 atom stereocenters. The summed E-state index contributed by atoms with van der Waals surface area (Å²) in [5.41, 5.74) is 0. The number of fused-ring (bicyclic) bond motifs is 1. The van der Waals surface area contributed by atoms with Gasteiger partial charge in [-0.1, -0.05) is 11.5 Å². The molecule has 92 valence electrons. The summed E-state index contributed by atoms with van der Waals surface area (Å²) in [4.78, 5) is 13.3. The molecule has 1 aliphatic carbocycles. The molecule has 0 spiro atoms. The zero-order valence-corrected chi connectivity index (χ0v) is 9.65. The lowest BCUT2D eigenvalue weighted by Gasteiger charge is -2.23. The Morgan fingerprint density at radius 3 is 2.94 bits per heavy atom. The maximum Gasteiger partial charge on any atom is 0.326 e. The minimum atomic E-state index is -0.762. The number of aliphatic carboxylic acids is 1. The van der Waals surface area contributed by atoms with Crippen LogP contribution in [0.4, 0.5) is 5.95 Å². The average Bonchev–Trinajstić information content (AvgIpc) is 2.89. The smallest absolute Gasteiger partial charge is 0.326 e. The van der Waals surface area contributed by atoms with Crippen LogP contribution in [0.15, 0.2) is 0 Å². The molecular formula is C10H15N5O2. The Balaban J connectivity index is 1.95. The number of rotatable bonds is 2. The number of carboxylic acids is 1. The third-order valence-electron chi connectivity index (χ3n) is 4.00. The number of carboxylic acid groups (broad SMARTS) is 1. The van der Waals surface area contributed by atoms with Crippen LogP contribution in [-0.4, -0.2) is 43.9 Å². The van der Waals surface area contributed by atoms with Gasteiger partial charge in [0.05, 0.1) is 0 Å². The maximum atomic E-state index is 11.4. The van der Waals surface area contributed by atoms with E-state index in [2.05, 4.69) is 15.5 Å². The van der Waals surface area contributed by atoms with E-state index >= 15 is 0 Å². The van der Waals surface area contributed by atoms with Crippen LogP contribution in [0.25, 0.3) is 0 Å². The van der Waals surface area contributed by atoms with Gasteiger partial charge in [-0.3, -0.25) is 0 Å². The maximum absolute atomic E-state index is 11.4. The predicted molar refractivity (Wildman–Crippen MR) is 58.4 cm³/mol. The zero-order valence-electron chi connectivity index (χ0n) is 9.65. The first-order valence-corrected chi connectivity index (χ1v) is 5.90. The van der Waals surface area contributed by atoms with Gasteiger partial charge in [-0.15, -0.1) is 0 Å². The van der Waals surface area contributed by atoms with Crippen molar-refractivity contribution in [3.05, 3.63) is 0 Å². The summed E-state index contributed by atoms with van der Waals surface area (Å²) in [6.45, 7) is 0.760. The molecule has 7 nitrogen and oxygen atoms in total. The first kappa shape index (κ1) is 10.5. The van der Waals surface area contributed by atoms with Crippen molar-refractivity contribution in [2.24, 2.45) is 18.9 Å². The first-order valence-electron chi connectivity index (χ1n) is 5.90. The summed E-state index contributed by atoms with van der Waals surface area (Å²) < 4.78 is 1.54. The second-order valence-electron chi connectivity index (χ2n) is 4.89. The molecule has 3 rings (SSSR count). The van der Waals surface area contributed by atoms with E-state index in [-0.39, 0.29) is 5.92 Å². The first-order chi connectivity index (χ1) is 8.18. The quantitative estimate of drug-likeness (QED) is 0.773.